The minimum Gasteiger partial charge on any atom is -0.338 e. The zero-order valence-corrected chi connectivity index (χ0v) is 12.3. The topological polar surface area (TPSA) is 46.3 Å². The van der Waals surface area contributed by atoms with Gasteiger partial charge in [0, 0.05) is 23.9 Å². The molecule has 0 aromatic heterocycles. The van der Waals surface area contributed by atoms with Crippen molar-refractivity contribution in [1.82, 2.24) is 4.90 Å². The van der Waals surface area contributed by atoms with Gasteiger partial charge >= 0.3 is 0 Å². The quantitative estimate of drug-likeness (QED) is 0.843. The van der Waals surface area contributed by atoms with Crippen LogP contribution in [0.25, 0.3) is 0 Å². The fourth-order valence-corrected chi connectivity index (χ4v) is 2.89. The maximum Gasteiger partial charge on any atom is 0.232 e. The van der Waals surface area contributed by atoms with Crippen molar-refractivity contribution in [3.05, 3.63) is 0 Å². The second kappa shape index (κ2) is 6.10. The van der Waals surface area contributed by atoms with Gasteiger partial charge in [-0.05, 0) is 18.8 Å². The smallest absolute Gasteiger partial charge is 0.232 e. The van der Waals surface area contributed by atoms with Crippen molar-refractivity contribution in [1.29, 1.82) is 0 Å². The standard InChI is InChI=1S/C13H26N2OS/c1-10-5-6-15(11(7-10)8-14)12(16)9-17-13(2,3)4/h10-11H,5-9,14H2,1-4H3. The summed E-state index contributed by atoms with van der Waals surface area (Å²) in [6.45, 7) is 10.1. The summed E-state index contributed by atoms with van der Waals surface area (Å²) in [5, 5.41) is 0. The summed E-state index contributed by atoms with van der Waals surface area (Å²) in [6.07, 6.45) is 2.17. The molecule has 17 heavy (non-hydrogen) atoms. The van der Waals surface area contributed by atoms with Gasteiger partial charge in [0.05, 0.1) is 5.75 Å². The van der Waals surface area contributed by atoms with Crippen molar-refractivity contribution in [2.45, 2.75) is 51.3 Å². The van der Waals surface area contributed by atoms with Gasteiger partial charge < -0.3 is 10.6 Å². The molecule has 1 fully saturated rings. The van der Waals surface area contributed by atoms with Crippen LogP contribution in [0.3, 0.4) is 0 Å². The molecule has 2 atom stereocenters. The predicted octanol–water partition coefficient (Wildman–Crippen LogP) is 2.10. The van der Waals surface area contributed by atoms with Crippen molar-refractivity contribution in [2.24, 2.45) is 11.7 Å². The molecule has 2 N–H and O–H groups in total. The first-order valence-corrected chi connectivity index (χ1v) is 7.45. The summed E-state index contributed by atoms with van der Waals surface area (Å²) in [4.78, 5) is 14.2. The van der Waals surface area contributed by atoms with Crippen LogP contribution >= 0.6 is 11.8 Å². The van der Waals surface area contributed by atoms with E-state index >= 15 is 0 Å². The van der Waals surface area contributed by atoms with E-state index < -0.39 is 0 Å². The van der Waals surface area contributed by atoms with Crippen molar-refractivity contribution < 1.29 is 4.79 Å². The van der Waals surface area contributed by atoms with Crippen LogP contribution in [0.1, 0.15) is 40.5 Å². The molecule has 0 bridgehead atoms. The molecule has 1 saturated heterocycles. The Morgan fingerprint density at radius 1 is 1.47 bits per heavy atom. The van der Waals surface area contributed by atoms with E-state index in [4.69, 9.17) is 5.73 Å². The van der Waals surface area contributed by atoms with Crippen LogP contribution in [0.15, 0.2) is 0 Å². The molecule has 1 aliphatic heterocycles. The van der Waals surface area contributed by atoms with Crippen LogP contribution in [-0.4, -0.2) is 40.4 Å². The Balaban J connectivity index is 2.50. The molecule has 0 saturated carbocycles. The van der Waals surface area contributed by atoms with E-state index in [0.717, 1.165) is 19.4 Å². The lowest BCUT2D eigenvalue weighted by atomic mass is 9.92. The lowest BCUT2D eigenvalue weighted by Crippen LogP contribution is -2.50. The fraction of sp³-hybridized carbons (Fsp3) is 0.923. The van der Waals surface area contributed by atoms with Gasteiger partial charge in [0.15, 0.2) is 0 Å². The minimum atomic E-state index is 0.150. The largest absolute Gasteiger partial charge is 0.338 e. The SMILES string of the molecule is CC1CCN(C(=O)CSC(C)(C)C)C(CN)C1. The Bertz CT molecular complexity index is 263. The molecule has 1 amide bonds. The van der Waals surface area contributed by atoms with Crippen LogP contribution < -0.4 is 5.73 Å². The molecule has 2 unspecified atom stereocenters. The van der Waals surface area contributed by atoms with Crippen molar-refractivity contribution >= 4 is 17.7 Å². The van der Waals surface area contributed by atoms with Crippen molar-refractivity contribution in [3.63, 3.8) is 0 Å². The minimum absolute atomic E-state index is 0.150. The monoisotopic (exact) mass is 258 g/mol. The summed E-state index contributed by atoms with van der Waals surface area (Å²) in [6, 6.07) is 0.256. The number of hydrogen-bond acceptors (Lipinski definition) is 3. The zero-order chi connectivity index (χ0) is 13.1. The first-order valence-electron chi connectivity index (χ1n) is 6.47. The number of rotatable bonds is 3. The van der Waals surface area contributed by atoms with Crippen LogP contribution in [0.2, 0.25) is 0 Å². The van der Waals surface area contributed by atoms with E-state index in [1.54, 1.807) is 11.8 Å². The Morgan fingerprint density at radius 3 is 2.65 bits per heavy atom. The molecule has 4 heteroatoms. The molecule has 1 rings (SSSR count). The highest BCUT2D eigenvalue weighted by Crippen LogP contribution is 2.26. The Labute approximate surface area is 109 Å². The van der Waals surface area contributed by atoms with Crippen LogP contribution in [0, 0.1) is 5.92 Å². The third-order valence-corrected chi connectivity index (χ3v) is 4.46. The van der Waals surface area contributed by atoms with Gasteiger partial charge in [-0.25, -0.2) is 0 Å². The number of piperidine rings is 1. The molecule has 3 nitrogen and oxygen atoms in total. The van der Waals surface area contributed by atoms with Gasteiger partial charge in [-0.1, -0.05) is 27.7 Å². The Kier molecular flexibility index (Phi) is 5.32. The normalized spacial score (nSPS) is 26.1. The average Bonchev–Trinajstić information content (AvgIpc) is 2.24. The lowest BCUT2D eigenvalue weighted by Gasteiger charge is -2.38. The number of hydrogen-bond donors (Lipinski definition) is 1. The maximum absolute atomic E-state index is 12.2. The second-order valence-corrected chi connectivity index (χ2v) is 7.81. The van der Waals surface area contributed by atoms with Gasteiger partial charge in [0.25, 0.3) is 0 Å². The van der Waals surface area contributed by atoms with Crippen molar-refractivity contribution in [2.75, 3.05) is 18.8 Å². The zero-order valence-electron chi connectivity index (χ0n) is 11.5. The number of carbonyl (C=O) groups is 1. The first kappa shape index (κ1) is 14.8. The van der Waals surface area contributed by atoms with E-state index in [1.807, 2.05) is 4.90 Å². The third kappa shape index (κ3) is 4.88. The predicted molar refractivity (Wildman–Crippen MR) is 75.2 cm³/mol. The molecule has 1 heterocycles. The summed E-state index contributed by atoms with van der Waals surface area (Å²) in [5.74, 6) is 1.53. The maximum atomic E-state index is 12.2. The molecule has 0 radical (unpaired) electrons. The van der Waals surface area contributed by atoms with Gasteiger partial charge in [0.2, 0.25) is 5.91 Å². The third-order valence-electron chi connectivity index (χ3n) is 3.20. The molecular weight excluding hydrogens is 232 g/mol. The molecule has 0 aliphatic carbocycles. The van der Waals surface area contributed by atoms with E-state index in [9.17, 15) is 4.79 Å². The molecule has 0 aromatic carbocycles. The summed E-state index contributed by atoms with van der Waals surface area (Å²) < 4.78 is 0.150. The number of carbonyl (C=O) groups excluding carboxylic acids is 1. The highest BCUT2D eigenvalue weighted by atomic mass is 32.2. The fourth-order valence-electron chi connectivity index (χ4n) is 2.16. The number of nitrogens with two attached hydrogens (primary N) is 1. The number of amides is 1. The van der Waals surface area contributed by atoms with Gasteiger partial charge in [-0.15, -0.1) is 11.8 Å². The van der Waals surface area contributed by atoms with Crippen LogP contribution in [0.5, 0.6) is 0 Å². The van der Waals surface area contributed by atoms with Crippen LogP contribution in [0.4, 0.5) is 0 Å². The Hall–Kier alpha value is -0.220. The highest BCUT2D eigenvalue weighted by Gasteiger charge is 2.29. The molecule has 0 aromatic rings. The van der Waals surface area contributed by atoms with Gasteiger partial charge in [-0.3, -0.25) is 4.79 Å². The van der Waals surface area contributed by atoms with E-state index in [1.165, 1.54) is 0 Å². The summed E-state index contributed by atoms with van der Waals surface area (Å²) >= 11 is 1.72. The van der Waals surface area contributed by atoms with Crippen LogP contribution in [-0.2, 0) is 4.79 Å². The van der Waals surface area contributed by atoms with E-state index in [2.05, 4.69) is 27.7 Å². The summed E-state index contributed by atoms with van der Waals surface area (Å²) in [5.41, 5.74) is 5.77. The molecule has 0 spiro atoms. The number of thioether (sulfide) groups is 1. The summed E-state index contributed by atoms with van der Waals surface area (Å²) in [7, 11) is 0. The van der Waals surface area contributed by atoms with Gasteiger partial charge in [-0.2, -0.15) is 0 Å². The first-order chi connectivity index (χ1) is 7.83. The number of likely N-dealkylation sites (tertiary alicyclic amines) is 1. The highest BCUT2D eigenvalue weighted by molar-refractivity contribution is 8.01. The molecule has 100 valence electrons. The number of nitrogens with zero attached hydrogens (tertiary/aromatic N) is 1. The molecular formula is C13H26N2OS. The van der Waals surface area contributed by atoms with E-state index in [0.29, 0.717) is 18.2 Å². The lowest BCUT2D eigenvalue weighted by molar-refractivity contribution is -0.132. The average molecular weight is 258 g/mol. The van der Waals surface area contributed by atoms with E-state index in [-0.39, 0.29) is 16.7 Å². The van der Waals surface area contributed by atoms with Crippen molar-refractivity contribution in [3.8, 4) is 0 Å². The van der Waals surface area contributed by atoms with Gasteiger partial charge in [0.1, 0.15) is 0 Å². The Morgan fingerprint density at radius 2 is 2.12 bits per heavy atom. The second-order valence-electron chi connectivity index (χ2n) is 6.01. The molecule has 1 aliphatic rings.